The summed E-state index contributed by atoms with van der Waals surface area (Å²) in [5.74, 6) is 1.04. The fourth-order valence-electron chi connectivity index (χ4n) is 3.81. The number of aliphatic hydroxyl groups is 1. The number of hydrogen-bond donors (Lipinski definition) is 1. The molecular weight excluding hydrogens is 460 g/mol. The van der Waals surface area contributed by atoms with Crippen LogP contribution in [0.2, 0.25) is 18.1 Å². The smallest absolute Gasteiger partial charge is 0.340 e. The van der Waals surface area contributed by atoms with Crippen molar-refractivity contribution in [3.05, 3.63) is 71.0 Å². The molecule has 0 bridgehead atoms. The minimum atomic E-state index is -1.88. The van der Waals surface area contributed by atoms with Crippen LogP contribution in [0.3, 0.4) is 0 Å². The highest BCUT2D eigenvalue weighted by molar-refractivity contribution is 6.74. The summed E-state index contributed by atoms with van der Waals surface area (Å²) in [4.78, 5) is 12.4. The van der Waals surface area contributed by atoms with E-state index in [0.717, 1.165) is 17.7 Å². The van der Waals surface area contributed by atoms with Gasteiger partial charge in [0, 0.05) is 6.42 Å². The first kappa shape index (κ1) is 26.8. The van der Waals surface area contributed by atoms with Crippen LogP contribution in [0.1, 0.15) is 50.8 Å². The number of esters is 1. The van der Waals surface area contributed by atoms with Crippen LogP contribution < -0.4 is 9.16 Å². The molecule has 3 rings (SSSR count). The van der Waals surface area contributed by atoms with E-state index in [1.165, 1.54) is 12.7 Å². The molecule has 1 aliphatic heterocycles. The van der Waals surface area contributed by atoms with Crippen LogP contribution in [-0.2, 0) is 20.7 Å². The van der Waals surface area contributed by atoms with Gasteiger partial charge in [-0.2, -0.15) is 0 Å². The first-order valence-electron chi connectivity index (χ1n) is 12.0. The van der Waals surface area contributed by atoms with Crippen molar-refractivity contribution in [1.82, 2.24) is 0 Å². The predicted molar refractivity (Wildman–Crippen MR) is 139 cm³/mol. The number of carbonyl (C=O) groups excluding carboxylic acids is 1. The molecule has 2 aromatic rings. The summed E-state index contributed by atoms with van der Waals surface area (Å²) in [7, 11) is 1.02. The van der Waals surface area contributed by atoms with E-state index in [-0.39, 0.29) is 28.9 Å². The molecule has 2 atom stereocenters. The van der Waals surface area contributed by atoms with Crippen molar-refractivity contribution in [1.29, 1.82) is 0 Å². The number of aryl methyl sites for hydroxylation is 1. The van der Waals surface area contributed by atoms with Crippen LogP contribution in [0.15, 0.2) is 59.9 Å². The highest BCUT2D eigenvalue weighted by Gasteiger charge is 2.39. The Labute approximate surface area is 210 Å². The van der Waals surface area contributed by atoms with Gasteiger partial charge < -0.3 is 23.7 Å². The SMILES string of the molecule is COC(=O)C1=C(O)C[C@H](CCc2ccc(O[Si](C)(C)C(C)(C)C)cc2)O[C@H]1c1ccc(OC)cc1. The van der Waals surface area contributed by atoms with E-state index in [1.807, 2.05) is 36.4 Å². The van der Waals surface area contributed by atoms with Crippen molar-refractivity contribution in [2.24, 2.45) is 0 Å². The predicted octanol–water partition coefficient (Wildman–Crippen LogP) is 6.53. The van der Waals surface area contributed by atoms with Crippen LogP contribution in [0, 0.1) is 0 Å². The maximum atomic E-state index is 12.4. The molecule has 0 amide bonds. The van der Waals surface area contributed by atoms with Crippen molar-refractivity contribution in [2.75, 3.05) is 14.2 Å². The molecule has 0 unspecified atom stereocenters. The normalized spacial score (nSPS) is 18.8. The van der Waals surface area contributed by atoms with Gasteiger partial charge in [0.15, 0.2) is 0 Å². The van der Waals surface area contributed by atoms with Crippen molar-refractivity contribution in [3.8, 4) is 11.5 Å². The fourth-order valence-corrected chi connectivity index (χ4v) is 4.85. The van der Waals surface area contributed by atoms with Gasteiger partial charge in [0.2, 0.25) is 8.32 Å². The van der Waals surface area contributed by atoms with Crippen LogP contribution in [0.25, 0.3) is 0 Å². The Bertz CT molecular complexity index is 1030. The van der Waals surface area contributed by atoms with Crippen molar-refractivity contribution >= 4 is 14.3 Å². The monoisotopic (exact) mass is 498 g/mol. The minimum Gasteiger partial charge on any atom is -0.544 e. The van der Waals surface area contributed by atoms with Crippen LogP contribution in [0.4, 0.5) is 0 Å². The Morgan fingerprint density at radius 1 is 1.03 bits per heavy atom. The number of carbonyl (C=O) groups is 1. The first-order chi connectivity index (χ1) is 16.4. The molecule has 1 N–H and O–H groups in total. The third kappa shape index (κ3) is 6.47. The molecule has 7 heteroatoms. The Kier molecular flexibility index (Phi) is 8.33. The molecule has 190 valence electrons. The highest BCUT2D eigenvalue weighted by atomic mass is 28.4. The average Bonchev–Trinajstić information content (AvgIpc) is 2.82. The largest absolute Gasteiger partial charge is 0.544 e. The van der Waals surface area contributed by atoms with Crippen molar-refractivity contribution in [3.63, 3.8) is 0 Å². The number of rotatable bonds is 8. The minimum absolute atomic E-state index is 0.0204. The van der Waals surface area contributed by atoms with E-state index in [2.05, 4.69) is 46.0 Å². The summed E-state index contributed by atoms with van der Waals surface area (Å²) < 4.78 is 22.8. The van der Waals surface area contributed by atoms with Gasteiger partial charge in [0.1, 0.15) is 28.9 Å². The summed E-state index contributed by atoms with van der Waals surface area (Å²) in [6.07, 6.45) is 0.810. The summed E-state index contributed by atoms with van der Waals surface area (Å²) in [6.45, 7) is 11.2. The lowest BCUT2D eigenvalue weighted by Gasteiger charge is -2.36. The lowest BCUT2D eigenvalue weighted by Crippen LogP contribution is -2.43. The fraction of sp³-hybridized carbons (Fsp3) is 0.464. The van der Waals surface area contributed by atoms with Crippen molar-refractivity contribution in [2.45, 2.75) is 70.4 Å². The van der Waals surface area contributed by atoms with E-state index in [0.29, 0.717) is 12.2 Å². The molecule has 0 saturated carbocycles. The van der Waals surface area contributed by atoms with E-state index >= 15 is 0 Å². The molecule has 0 aliphatic carbocycles. The molecule has 0 spiro atoms. The van der Waals surface area contributed by atoms with Gasteiger partial charge in [-0.3, -0.25) is 0 Å². The second-order valence-electron chi connectivity index (χ2n) is 10.5. The number of hydrogen-bond acceptors (Lipinski definition) is 6. The lowest BCUT2D eigenvalue weighted by atomic mass is 9.93. The topological polar surface area (TPSA) is 74.2 Å². The van der Waals surface area contributed by atoms with Gasteiger partial charge in [-0.25, -0.2) is 4.79 Å². The van der Waals surface area contributed by atoms with Gasteiger partial charge in [-0.15, -0.1) is 0 Å². The summed E-state index contributed by atoms with van der Waals surface area (Å²) >= 11 is 0. The maximum absolute atomic E-state index is 12.4. The van der Waals surface area contributed by atoms with Crippen LogP contribution in [-0.4, -0.2) is 39.7 Å². The van der Waals surface area contributed by atoms with Gasteiger partial charge in [0.25, 0.3) is 0 Å². The molecule has 0 fully saturated rings. The molecule has 0 aromatic heterocycles. The summed E-state index contributed by atoms with van der Waals surface area (Å²) in [5, 5.41) is 10.9. The Morgan fingerprint density at radius 3 is 2.17 bits per heavy atom. The second kappa shape index (κ2) is 10.9. The van der Waals surface area contributed by atoms with Gasteiger partial charge in [0.05, 0.1) is 20.3 Å². The number of ether oxygens (including phenoxy) is 3. The maximum Gasteiger partial charge on any atom is 0.340 e. The molecule has 0 saturated heterocycles. The second-order valence-corrected chi connectivity index (χ2v) is 15.2. The molecule has 35 heavy (non-hydrogen) atoms. The van der Waals surface area contributed by atoms with Crippen LogP contribution >= 0.6 is 0 Å². The van der Waals surface area contributed by atoms with Gasteiger partial charge >= 0.3 is 5.97 Å². The molecule has 6 nitrogen and oxygen atoms in total. The number of benzene rings is 2. The van der Waals surface area contributed by atoms with E-state index < -0.39 is 20.4 Å². The van der Waals surface area contributed by atoms with E-state index in [4.69, 9.17) is 18.6 Å². The average molecular weight is 499 g/mol. The number of aliphatic hydroxyl groups excluding tert-OH is 1. The van der Waals surface area contributed by atoms with Gasteiger partial charge in [-0.05, 0) is 66.4 Å². The Hall–Kier alpha value is -2.77. The highest BCUT2D eigenvalue weighted by Crippen LogP contribution is 2.39. The zero-order valence-electron chi connectivity index (χ0n) is 21.9. The first-order valence-corrected chi connectivity index (χ1v) is 14.9. The van der Waals surface area contributed by atoms with E-state index in [1.54, 1.807) is 7.11 Å². The Balaban J connectivity index is 1.70. The Morgan fingerprint density at radius 2 is 1.63 bits per heavy atom. The lowest BCUT2D eigenvalue weighted by molar-refractivity contribution is -0.139. The molecule has 0 radical (unpaired) electrons. The number of methoxy groups -OCH3 is 2. The third-order valence-electron chi connectivity index (χ3n) is 7.00. The van der Waals surface area contributed by atoms with Crippen LogP contribution in [0.5, 0.6) is 11.5 Å². The third-order valence-corrected chi connectivity index (χ3v) is 11.4. The zero-order valence-corrected chi connectivity index (χ0v) is 22.9. The van der Waals surface area contributed by atoms with Crippen molar-refractivity contribution < 1.29 is 28.5 Å². The molecular formula is C28H38O6Si. The molecule has 2 aromatic carbocycles. The zero-order chi connectivity index (χ0) is 25.8. The standard InChI is InChI=1S/C28H38O6Si/c1-28(2,3)35(6,7)34-22-13-8-19(9-14-22)10-15-23-18-24(29)25(27(30)32-5)26(33-23)20-11-16-21(31-4)17-12-20/h8-9,11-14,16-17,23,26,29H,10,15,18H2,1-7H3/t23-,26-/m0/s1. The molecule has 1 heterocycles. The molecule has 1 aliphatic rings. The van der Waals surface area contributed by atoms with E-state index in [9.17, 15) is 9.90 Å². The quantitative estimate of drug-likeness (QED) is 0.330. The summed E-state index contributed by atoms with van der Waals surface area (Å²) in [5.41, 5.74) is 2.08. The summed E-state index contributed by atoms with van der Waals surface area (Å²) in [6, 6.07) is 15.5. The van der Waals surface area contributed by atoms with Gasteiger partial charge in [-0.1, -0.05) is 45.0 Å².